The molecular formula is C14H19N5OS. The standard InChI is InChI=1S/C14H19N5OS/c1-16-12-11(15)13(17-2)19-14(18-12)21-8-9-4-6-10(20-3)7-5-9/h4-7H,8,15H2,1-3H3,(H2,16,17,18,19). The number of aromatic nitrogens is 2. The highest BCUT2D eigenvalue weighted by atomic mass is 32.2. The fraction of sp³-hybridized carbons (Fsp3) is 0.286. The number of rotatable bonds is 6. The van der Waals surface area contributed by atoms with Crippen LogP contribution in [0.5, 0.6) is 5.75 Å². The average molecular weight is 305 g/mol. The molecule has 0 bridgehead atoms. The lowest BCUT2D eigenvalue weighted by Crippen LogP contribution is -2.06. The van der Waals surface area contributed by atoms with Gasteiger partial charge in [0.1, 0.15) is 11.4 Å². The lowest BCUT2D eigenvalue weighted by atomic mass is 10.2. The topological polar surface area (TPSA) is 85.1 Å². The predicted molar refractivity (Wildman–Crippen MR) is 88.1 cm³/mol. The van der Waals surface area contributed by atoms with Crippen molar-refractivity contribution in [2.45, 2.75) is 10.9 Å². The quantitative estimate of drug-likeness (QED) is 0.558. The van der Waals surface area contributed by atoms with Crippen LogP contribution in [0.1, 0.15) is 5.56 Å². The third-order valence-corrected chi connectivity index (χ3v) is 3.84. The third kappa shape index (κ3) is 3.69. The van der Waals surface area contributed by atoms with Gasteiger partial charge in [0.25, 0.3) is 0 Å². The van der Waals surface area contributed by atoms with Gasteiger partial charge in [0, 0.05) is 19.8 Å². The number of hydrogen-bond donors (Lipinski definition) is 3. The summed E-state index contributed by atoms with van der Waals surface area (Å²) in [4.78, 5) is 8.80. The Morgan fingerprint density at radius 3 is 2.14 bits per heavy atom. The molecule has 0 amide bonds. The van der Waals surface area contributed by atoms with Crippen LogP contribution in [-0.2, 0) is 5.75 Å². The number of anilines is 3. The van der Waals surface area contributed by atoms with Crippen molar-refractivity contribution < 1.29 is 4.74 Å². The predicted octanol–water partition coefficient (Wildman–Crippen LogP) is 2.44. The molecule has 2 rings (SSSR count). The summed E-state index contributed by atoms with van der Waals surface area (Å²) in [5.41, 5.74) is 7.64. The Balaban J connectivity index is 2.11. The molecule has 0 aliphatic heterocycles. The zero-order valence-electron chi connectivity index (χ0n) is 12.3. The summed E-state index contributed by atoms with van der Waals surface area (Å²) in [6.07, 6.45) is 0. The summed E-state index contributed by atoms with van der Waals surface area (Å²) in [6.45, 7) is 0. The van der Waals surface area contributed by atoms with Crippen molar-refractivity contribution in [1.82, 2.24) is 9.97 Å². The number of nitrogen functional groups attached to an aromatic ring is 1. The number of nitrogens with one attached hydrogen (secondary N) is 2. The van der Waals surface area contributed by atoms with E-state index in [1.807, 2.05) is 24.3 Å². The number of nitrogens with two attached hydrogens (primary N) is 1. The second-order valence-corrected chi connectivity index (χ2v) is 5.20. The van der Waals surface area contributed by atoms with E-state index >= 15 is 0 Å². The van der Waals surface area contributed by atoms with Gasteiger partial charge in [0.15, 0.2) is 16.8 Å². The van der Waals surface area contributed by atoms with Gasteiger partial charge in [0.05, 0.1) is 7.11 Å². The van der Waals surface area contributed by atoms with Gasteiger partial charge in [-0.15, -0.1) is 0 Å². The fourth-order valence-electron chi connectivity index (χ4n) is 1.76. The molecule has 2 aromatic rings. The minimum atomic E-state index is 0.522. The Morgan fingerprint density at radius 2 is 1.67 bits per heavy atom. The first kappa shape index (κ1) is 15.2. The van der Waals surface area contributed by atoms with Gasteiger partial charge < -0.3 is 21.1 Å². The molecule has 0 aliphatic carbocycles. The molecule has 0 spiro atoms. The molecule has 1 aromatic carbocycles. The molecule has 112 valence electrons. The van der Waals surface area contributed by atoms with Crippen LogP contribution in [0.3, 0.4) is 0 Å². The third-order valence-electron chi connectivity index (χ3n) is 2.93. The highest BCUT2D eigenvalue weighted by Crippen LogP contribution is 2.28. The van der Waals surface area contributed by atoms with Crippen LogP contribution in [0.25, 0.3) is 0 Å². The van der Waals surface area contributed by atoms with Crippen LogP contribution >= 0.6 is 11.8 Å². The average Bonchev–Trinajstić information content (AvgIpc) is 2.54. The molecule has 0 unspecified atom stereocenters. The lowest BCUT2D eigenvalue weighted by Gasteiger charge is -2.11. The molecule has 6 nitrogen and oxygen atoms in total. The molecule has 0 saturated carbocycles. The summed E-state index contributed by atoms with van der Waals surface area (Å²) in [6, 6.07) is 7.94. The molecule has 0 fully saturated rings. The summed E-state index contributed by atoms with van der Waals surface area (Å²) in [5, 5.41) is 6.63. The first-order chi connectivity index (χ1) is 10.2. The monoisotopic (exact) mass is 305 g/mol. The number of ether oxygens (including phenoxy) is 1. The van der Waals surface area contributed by atoms with Crippen LogP contribution in [0, 0.1) is 0 Å². The van der Waals surface area contributed by atoms with Gasteiger partial charge in [-0.1, -0.05) is 23.9 Å². The van der Waals surface area contributed by atoms with Crippen molar-refractivity contribution in [3.63, 3.8) is 0 Å². The fourth-order valence-corrected chi connectivity index (χ4v) is 2.56. The maximum Gasteiger partial charge on any atom is 0.191 e. The van der Waals surface area contributed by atoms with E-state index in [0.717, 1.165) is 11.5 Å². The van der Waals surface area contributed by atoms with Gasteiger partial charge in [0.2, 0.25) is 0 Å². The molecule has 4 N–H and O–H groups in total. The maximum absolute atomic E-state index is 5.94. The second-order valence-electron chi connectivity index (χ2n) is 4.25. The first-order valence-corrected chi connectivity index (χ1v) is 7.45. The van der Waals surface area contributed by atoms with E-state index in [1.54, 1.807) is 33.0 Å². The minimum Gasteiger partial charge on any atom is -0.497 e. The number of methoxy groups -OCH3 is 1. The molecule has 0 radical (unpaired) electrons. The minimum absolute atomic E-state index is 0.522. The van der Waals surface area contributed by atoms with Crippen LogP contribution in [-0.4, -0.2) is 31.2 Å². The number of hydrogen-bond acceptors (Lipinski definition) is 7. The zero-order valence-corrected chi connectivity index (χ0v) is 13.1. The summed E-state index contributed by atoms with van der Waals surface area (Å²) in [5.74, 6) is 2.89. The highest BCUT2D eigenvalue weighted by molar-refractivity contribution is 7.98. The van der Waals surface area contributed by atoms with E-state index in [-0.39, 0.29) is 0 Å². The second kappa shape index (κ2) is 7.03. The van der Waals surface area contributed by atoms with E-state index in [2.05, 4.69) is 20.6 Å². The molecule has 1 aromatic heterocycles. The Kier molecular flexibility index (Phi) is 5.10. The number of nitrogens with zero attached hydrogens (tertiary/aromatic N) is 2. The zero-order chi connectivity index (χ0) is 15.2. The highest BCUT2D eigenvalue weighted by Gasteiger charge is 2.10. The Hall–Kier alpha value is -2.15. The lowest BCUT2D eigenvalue weighted by molar-refractivity contribution is 0.414. The van der Waals surface area contributed by atoms with E-state index in [9.17, 15) is 0 Å². The largest absolute Gasteiger partial charge is 0.497 e. The van der Waals surface area contributed by atoms with Gasteiger partial charge in [-0.05, 0) is 17.7 Å². The van der Waals surface area contributed by atoms with E-state index in [0.29, 0.717) is 22.5 Å². The van der Waals surface area contributed by atoms with Crippen molar-refractivity contribution in [2.24, 2.45) is 0 Å². The SMILES string of the molecule is CNc1nc(SCc2ccc(OC)cc2)nc(NC)c1N. The van der Waals surface area contributed by atoms with Crippen molar-refractivity contribution >= 4 is 29.1 Å². The summed E-state index contributed by atoms with van der Waals surface area (Å²) >= 11 is 1.56. The smallest absolute Gasteiger partial charge is 0.191 e. The number of benzene rings is 1. The van der Waals surface area contributed by atoms with Crippen LogP contribution in [0.2, 0.25) is 0 Å². The van der Waals surface area contributed by atoms with E-state index in [4.69, 9.17) is 10.5 Å². The maximum atomic E-state index is 5.94. The Bertz CT molecular complexity index is 578. The normalized spacial score (nSPS) is 10.2. The first-order valence-electron chi connectivity index (χ1n) is 6.46. The summed E-state index contributed by atoms with van der Waals surface area (Å²) in [7, 11) is 5.23. The Labute approximate surface area is 128 Å². The Morgan fingerprint density at radius 1 is 1.10 bits per heavy atom. The van der Waals surface area contributed by atoms with Crippen LogP contribution in [0.15, 0.2) is 29.4 Å². The molecule has 1 heterocycles. The molecule has 21 heavy (non-hydrogen) atoms. The van der Waals surface area contributed by atoms with Crippen molar-refractivity contribution in [3.05, 3.63) is 29.8 Å². The van der Waals surface area contributed by atoms with E-state index in [1.165, 1.54) is 5.56 Å². The van der Waals surface area contributed by atoms with Crippen molar-refractivity contribution in [2.75, 3.05) is 37.6 Å². The number of thioether (sulfide) groups is 1. The molecule has 0 saturated heterocycles. The van der Waals surface area contributed by atoms with Gasteiger partial charge >= 0.3 is 0 Å². The molecular weight excluding hydrogens is 286 g/mol. The molecule has 7 heteroatoms. The van der Waals surface area contributed by atoms with Crippen molar-refractivity contribution in [1.29, 1.82) is 0 Å². The molecule has 0 atom stereocenters. The van der Waals surface area contributed by atoms with Gasteiger partial charge in [-0.3, -0.25) is 0 Å². The van der Waals surface area contributed by atoms with Crippen LogP contribution in [0.4, 0.5) is 17.3 Å². The van der Waals surface area contributed by atoms with Gasteiger partial charge in [-0.2, -0.15) is 0 Å². The molecule has 0 aliphatic rings. The van der Waals surface area contributed by atoms with Crippen molar-refractivity contribution in [3.8, 4) is 5.75 Å². The summed E-state index contributed by atoms with van der Waals surface area (Å²) < 4.78 is 5.14. The van der Waals surface area contributed by atoms with Gasteiger partial charge in [-0.25, -0.2) is 9.97 Å². The van der Waals surface area contributed by atoms with Crippen LogP contribution < -0.4 is 21.1 Å². The van der Waals surface area contributed by atoms with E-state index < -0.39 is 0 Å².